The van der Waals surface area contributed by atoms with Gasteiger partial charge in [0.15, 0.2) is 0 Å². The van der Waals surface area contributed by atoms with Crippen LogP contribution in [0.3, 0.4) is 0 Å². The summed E-state index contributed by atoms with van der Waals surface area (Å²) < 4.78 is 34.3. The number of sulfonamides is 1. The first-order chi connectivity index (χ1) is 9.96. The van der Waals surface area contributed by atoms with Gasteiger partial charge in [0.2, 0.25) is 0 Å². The van der Waals surface area contributed by atoms with E-state index in [2.05, 4.69) is 25.8 Å². The fraction of sp³-hybridized carbons (Fsp3) is 0.250. The molecule has 0 aliphatic heterocycles. The Hall–Kier alpha value is -1.58. The van der Waals surface area contributed by atoms with E-state index in [9.17, 15) is 8.42 Å². The van der Waals surface area contributed by atoms with Crippen LogP contribution in [0.5, 0.6) is 5.75 Å². The molecule has 21 heavy (non-hydrogen) atoms. The van der Waals surface area contributed by atoms with Crippen molar-refractivity contribution in [1.82, 2.24) is 9.78 Å². The molecule has 0 radical (unpaired) electrons. The zero-order valence-electron chi connectivity index (χ0n) is 11.3. The highest BCUT2D eigenvalue weighted by Crippen LogP contribution is 2.29. The zero-order valence-corrected chi connectivity index (χ0v) is 13.7. The lowest BCUT2D eigenvalue weighted by Gasteiger charge is -2.10. The molecule has 0 saturated carbocycles. The second-order valence-corrected chi connectivity index (χ2v) is 6.72. The number of ether oxygens (including phenoxy) is 1. The molecule has 0 atom stereocenters. The normalized spacial score (nSPS) is 11.4. The maximum absolute atomic E-state index is 12.3. The zero-order chi connectivity index (χ0) is 15.5. The number of nitrogens with one attached hydrogen (secondary N) is 1. The summed E-state index contributed by atoms with van der Waals surface area (Å²) in [5.74, 6) is 0.551. The summed E-state index contributed by atoms with van der Waals surface area (Å²) in [4.78, 5) is 0.0747. The van der Waals surface area contributed by atoms with Gasteiger partial charge in [0.1, 0.15) is 10.6 Å². The topological polar surface area (TPSA) is 99.2 Å². The molecule has 0 aliphatic carbocycles. The van der Waals surface area contributed by atoms with Gasteiger partial charge in [-0.2, -0.15) is 5.10 Å². The van der Waals surface area contributed by atoms with Gasteiger partial charge >= 0.3 is 0 Å². The Kier molecular flexibility index (Phi) is 4.86. The second-order valence-electron chi connectivity index (χ2n) is 4.18. The van der Waals surface area contributed by atoms with Crippen LogP contribution in [-0.2, 0) is 16.6 Å². The van der Waals surface area contributed by atoms with Crippen LogP contribution in [0, 0.1) is 0 Å². The summed E-state index contributed by atoms with van der Waals surface area (Å²) in [6, 6.07) is 5.02. The van der Waals surface area contributed by atoms with E-state index in [1.807, 2.05) is 0 Å². The van der Waals surface area contributed by atoms with Gasteiger partial charge in [-0.05, 0) is 28.1 Å². The van der Waals surface area contributed by atoms with Crippen molar-refractivity contribution in [2.24, 2.45) is 5.73 Å². The van der Waals surface area contributed by atoms with Crippen molar-refractivity contribution in [3.8, 4) is 5.75 Å². The predicted octanol–water partition coefficient (Wildman–Crippen LogP) is 1.41. The summed E-state index contributed by atoms with van der Waals surface area (Å²) in [6.07, 6.45) is 2.72. The molecule has 2 rings (SSSR count). The number of methoxy groups -OCH3 is 1. The van der Waals surface area contributed by atoms with Gasteiger partial charge in [0, 0.05) is 23.3 Å². The van der Waals surface area contributed by atoms with E-state index < -0.39 is 10.0 Å². The maximum atomic E-state index is 12.3. The first-order valence-corrected chi connectivity index (χ1v) is 8.33. The SMILES string of the molecule is COc1ccc(Br)c(NS(=O)(=O)c2cnn(CCN)c2)c1. The molecule has 0 saturated heterocycles. The molecule has 0 bridgehead atoms. The molecule has 0 amide bonds. The highest BCUT2D eigenvalue weighted by atomic mass is 79.9. The third kappa shape index (κ3) is 3.74. The van der Waals surface area contributed by atoms with Crippen molar-refractivity contribution in [3.05, 3.63) is 35.1 Å². The Morgan fingerprint density at radius 1 is 1.48 bits per heavy atom. The van der Waals surface area contributed by atoms with Crippen molar-refractivity contribution in [1.29, 1.82) is 0 Å². The van der Waals surface area contributed by atoms with Gasteiger partial charge in [-0.3, -0.25) is 9.40 Å². The number of anilines is 1. The van der Waals surface area contributed by atoms with E-state index in [-0.39, 0.29) is 4.90 Å². The van der Waals surface area contributed by atoms with Crippen LogP contribution in [-0.4, -0.2) is 31.9 Å². The molecule has 7 nitrogen and oxygen atoms in total. The van der Waals surface area contributed by atoms with Gasteiger partial charge < -0.3 is 10.5 Å². The summed E-state index contributed by atoms with van der Waals surface area (Å²) in [5, 5.41) is 3.95. The van der Waals surface area contributed by atoms with Gasteiger partial charge in [0.05, 0.1) is 25.5 Å². The predicted molar refractivity (Wildman–Crippen MR) is 82.8 cm³/mol. The Labute approximate surface area is 131 Å². The lowest BCUT2D eigenvalue weighted by Crippen LogP contribution is -2.13. The number of nitrogens with two attached hydrogens (primary N) is 1. The Balaban J connectivity index is 2.28. The molecular formula is C12H15BrN4O3S. The Morgan fingerprint density at radius 2 is 2.24 bits per heavy atom. The van der Waals surface area contributed by atoms with Crippen molar-refractivity contribution < 1.29 is 13.2 Å². The molecule has 1 heterocycles. The van der Waals surface area contributed by atoms with E-state index in [4.69, 9.17) is 10.5 Å². The van der Waals surface area contributed by atoms with Crippen molar-refractivity contribution >= 4 is 31.6 Å². The van der Waals surface area contributed by atoms with E-state index in [1.165, 1.54) is 24.2 Å². The first kappa shape index (κ1) is 15.8. The molecule has 0 aliphatic rings. The summed E-state index contributed by atoms with van der Waals surface area (Å²) in [6.45, 7) is 0.842. The number of hydrogen-bond acceptors (Lipinski definition) is 5. The lowest BCUT2D eigenvalue weighted by atomic mass is 10.3. The number of hydrogen-bond donors (Lipinski definition) is 2. The fourth-order valence-electron chi connectivity index (χ4n) is 1.65. The van der Waals surface area contributed by atoms with Gasteiger partial charge in [-0.25, -0.2) is 8.42 Å². The van der Waals surface area contributed by atoms with Crippen LogP contribution in [0.1, 0.15) is 0 Å². The minimum absolute atomic E-state index is 0.0747. The van der Waals surface area contributed by atoms with Crippen LogP contribution >= 0.6 is 15.9 Å². The Morgan fingerprint density at radius 3 is 2.90 bits per heavy atom. The molecule has 0 fully saturated rings. The average Bonchev–Trinajstić information content (AvgIpc) is 2.91. The monoisotopic (exact) mass is 374 g/mol. The van der Waals surface area contributed by atoms with Gasteiger partial charge in [0.25, 0.3) is 10.0 Å². The van der Waals surface area contributed by atoms with E-state index in [0.717, 1.165) is 0 Å². The molecular weight excluding hydrogens is 360 g/mol. The molecule has 1 aromatic carbocycles. The Bertz CT molecular complexity index is 730. The molecule has 114 valence electrons. The number of halogens is 1. The fourth-order valence-corrected chi connectivity index (χ4v) is 3.15. The van der Waals surface area contributed by atoms with E-state index >= 15 is 0 Å². The second kappa shape index (κ2) is 6.46. The standard InChI is InChI=1S/C12H15BrN4O3S/c1-20-9-2-3-11(13)12(6-9)16-21(18,19)10-7-15-17(8-10)5-4-14/h2-3,6-8,16H,4-5,14H2,1H3. The molecule has 3 N–H and O–H groups in total. The lowest BCUT2D eigenvalue weighted by molar-refractivity contribution is 0.415. The number of rotatable bonds is 6. The summed E-state index contributed by atoms with van der Waals surface area (Å²) in [7, 11) is -2.21. The highest BCUT2D eigenvalue weighted by molar-refractivity contribution is 9.10. The third-order valence-corrected chi connectivity index (χ3v) is 4.71. The van der Waals surface area contributed by atoms with Crippen LogP contribution < -0.4 is 15.2 Å². The number of nitrogens with zero attached hydrogens (tertiary/aromatic N) is 2. The van der Waals surface area contributed by atoms with Gasteiger partial charge in [-0.15, -0.1) is 0 Å². The van der Waals surface area contributed by atoms with Crippen LogP contribution in [0.4, 0.5) is 5.69 Å². The van der Waals surface area contributed by atoms with Crippen molar-refractivity contribution in [2.45, 2.75) is 11.4 Å². The molecule has 0 spiro atoms. The van der Waals surface area contributed by atoms with Gasteiger partial charge in [-0.1, -0.05) is 0 Å². The first-order valence-electron chi connectivity index (χ1n) is 6.05. The number of aromatic nitrogens is 2. The molecule has 2 aromatic rings. The highest BCUT2D eigenvalue weighted by Gasteiger charge is 2.18. The summed E-state index contributed by atoms with van der Waals surface area (Å²) >= 11 is 3.30. The van der Waals surface area contributed by atoms with Crippen LogP contribution in [0.2, 0.25) is 0 Å². The van der Waals surface area contributed by atoms with E-state index in [1.54, 1.807) is 18.2 Å². The smallest absolute Gasteiger partial charge is 0.265 e. The van der Waals surface area contributed by atoms with Crippen molar-refractivity contribution in [3.63, 3.8) is 0 Å². The minimum Gasteiger partial charge on any atom is -0.497 e. The average molecular weight is 375 g/mol. The molecule has 9 heteroatoms. The summed E-state index contributed by atoms with van der Waals surface area (Å²) in [5.41, 5.74) is 5.80. The van der Waals surface area contributed by atoms with Crippen molar-refractivity contribution in [2.75, 3.05) is 18.4 Å². The quantitative estimate of drug-likeness (QED) is 0.796. The van der Waals surface area contributed by atoms with Crippen LogP contribution in [0.25, 0.3) is 0 Å². The minimum atomic E-state index is -3.72. The van der Waals surface area contributed by atoms with Crippen LogP contribution in [0.15, 0.2) is 40.0 Å². The van der Waals surface area contributed by atoms with E-state index in [0.29, 0.717) is 29.0 Å². The molecule has 0 unspecified atom stereocenters. The third-order valence-electron chi connectivity index (χ3n) is 2.70. The molecule has 1 aromatic heterocycles. The largest absolute Gasteiger partial charge is 0.497 e. The maximum Gasteiger partial charge on any atom is 0.265 e. The number of benzene rings is 1.